The zero-order valence-electron chi connectivity index (χ0n) is 12.6. The minimum absolute atomic E-state index is 0.0461. The second-order valence-electron chi connectivity index (χ2n) is 4.02. The average Bonchev–Trinajstić information content (AvgIpc) is 2.54. The molecule has 0 aliphatic carbocycles. The second kappa shape index (κ2) is 9.46. The SMILES string of the molecule is CCCCOC(=O)OOOC(=O)c1cccc(OC)c1OC. The van der Waals surface area contributed by atoms with Gasteiger partial charge in [0.15, 0.2) is 11.5 Å². The summed E-state index contributed by atoms with van der Waals surface area (Å²) in [5.41, 5.74) is 0.0461. The maximum absolute atomic E-state index is 11.8. The second-order valence-corrected chi connectivity index (χ2v) is 4.02. The molecule has 0 saturated carbocycles. The molecule has 0 aliphatic heterocycles. The highest BCUT2D eigenvalue weighted by atomic mass is 17.5. The molecule has 0 saturated heterocycles. The first-order chi connectivity index (χ1) is 10.6. The van der Waals surface area contributed by atoms with Crippen LogP contribution in [0.4, 0.5) is 4.79 Å². The summed E-state index contributed by atoms with van der Waals surface area (Å²) in [6, 6.07) is 4.61. The fourth-order valence-corrected chi connectivity index (χ4v) is 1.49. The summed E-state index contributed by atoms with van der Waals surface area (Å²) in [4.78, 5) is 31.4. The van der Waals surface area contributed by atoms with Gasteiger partial charge in [0.1, 0.15) is 5.56 Å². The van der Waals surface area contributed by atoms with Gasteiger partial charge < -0.3 is 14.2 Å². The molecule has 0 radical (unpaired) electrons. The Morgan fingerprint density at radius 2 is 1.86 bits per heavy atom. The Morgan fingerprint density at radius 3 is 2.50 bits per heavy atom. The molecule has 0 N–H and O–H groups in total. The zero-order chi connectivity index (χ0) is 16.4. The predicted molar refractivity (Wildman–Crippen MR) is 73.4 cm³/mol. The van der Waals surface area contributed by atoms with E-state index in [1.807, 2.05) is 6.92 Å². The number of ether oxygens (including phenoxy) is 3. The van der Waals surface area contributed by atoms with Crippen LogP contribution in [0, 0.1) is 0 Å². The van der Waals surface area contributed by atoms with Gasteiger partial charge in [-0.2, -0.15) is 0 Å². The minimum Gasteiger partial charge on any atom is -0.493 e. The number of unbranched alkanes of at least 4 members (excludes halogenated alkanes) is 1. The van der Waals surface area contributed by atoms with Crippen LogP contribution in [0.3, 0.4) is 0 Å². The normalized spacial score (nSPS) is 9.77. The van der Waals surface area contributed by atoms with Crippen LogP contribution in [0.15, 0.2) is 18.2 Å². The van der Waals surface area contributed by atoms with Crippen LogP contribution in [0.2, 0.25) is 0 Å². The minimum atomic E-state index is -1.10. The Morgan fingerprint density at radius 1 is 1.09 bits per heavy atom. The molecule has 0 aromatic heterocycles. The number of benzene rings is 1. The van der Waals surface area contributed by atoms with Crippen LogP contribution >= 0.6 is 0 Å². The first-order valence-corrected chi connectivity index (χ1v) is 6.57. The monoisotopic (exact) mass is 314 g/mol. The Hall–Kier alpha value is -2.48. The fraction of sp³-hybridized carbons (Fsp3) is 0.429. The van der Waals surface area contributed by atoms with Crippen molar-refractivity contribution in [1.29, 1.82) is 0 Å². The van der Waals surface area contributed by atoms with E-state index in [9.17, 15) is 9.59 Å². The van der Waals surface area contributed by atoms with Gasteiger partial charge in [0.2, 0.25) is 0 Å². The number of rotatable bonds is 8. The first-order valence-electron chi connectivity index (χ1n) is 6.57. The lowest BCUT2D eigenvalue weighted by molar-refractivity contribution is -0.452. The predicted octanol–water partition coefficient (Wildman–Crippen LogP) is 2.66. The molecular formula is C14H18O8. The van der Waals surface area contributed by atoms with Gasteiger partial charge in [-0.25, -0.2) is 14.5 Å². The smallest absolute Gasteiger partial charge is 0.493 e. The lowest BCUT2D eigenvalue weighted by atomic mass is 10.2. The molecule has 8 nitrogen and oxygen atoms in total. The van der Waals surface area contributed by atoms with Gasteiger partial charge in [0.25, 0.3) is 0 Å². The van der Waals surface area contributed by atoms with E-state index in [1.165, 1.54) is 20.3 Å². The Labute approximate surface area is 127 Å². The molecule has 1 rings (SSSR count). The number of carbonyl (C=O) groups excluding carboxylic acids is 2. The van der Waals surface area contributed by atoms with E-state index < -0.39 is 12.1 Å². The highest BCUT2D eigenvalue weighted by molar-refractivity contribution is 5.93. The summed E-state index contributed by atoms with van der Waals surface area (Å²) >= 11 is 0. The Bertz CT molecular complexity index is 500. The highest BCUT2D eigenvalue weighted by Crippen LogP contribution is 2.31. The van der Waals surface area contributed by atoms with Gasteiger partial charge in [-0.3, -0.25) is 4.89 Å². The van der Waals surface area contributed by atoms with Crippen molar-refractivity contribution >= 4 is 12.1 Å². The van der Waals surface area contributed by atoms with E-state index in [2.05, 4.69) is 19.6 Å². The van der Waals surface area contributed by atoms with Crippen LogP contribution in [-0.2, 0) is 19.6 Å². The standard InChI is InChI=1S/C14H18O8/c1-4-5-9-19-14(16)21-22-20-13(15)10-7-6-8-11(17-2)12(10)18-3/h6-8H,4-5,9H2,1-3H3. The molecule has 1 aromatic carbocycles. The van der Waals surface area contributed by atoms with Gasteiger partial charge >= 0.3 is 12.1 Å². The number of para-hydroxylation sites is 1. The van der Waals surface area contributed by atoms with Crippen LogP contribution < -0.4 is 9.47 Å². The zero-order valence-corrected chi connectivity index (χ0v) is 12.6. The third-order valence-electron chi connectivity index (χ3n) is 2.55. The highest BCUT2D eigenvalue weighted by Gasteiger charge is 2.19. The molecule has 8 heteroatoms. The van der Waals surface area contributed by atoms with Crippen LogP contribution in [0.5, 0.6) is 11.5 Å². The molecule has 0 spiro atoms. The van der Waals surface area contributed by atoms with Crippen molar-refractivity contribution in [3.05, 3.63) is 23.8 Å². The van der Waals surface area contributed by atoms with Crippen molar-refractivity contribution in [2.45, 2.75) is 19.8 Å². The quantitative estimate of drug-likeness (QED) is 0.313. The summed E-state index contributed by atoms with van der Waals surface area (Å²) in [6.45, 7) is 2.13. The van der Waals surface area contributed by atoms with Crippen molar-refractivity contribution in [3.63, 3.8) is 0 Å². The van der Waals surface area contributed by atoms with E-state index in [4.69, 9.17) is 9.47 Å². The molecule has 22 heavy (non-hydrogen) atoms. The van der Waals surface area contributed by atoms with E-state index in [-0.39, 0.29) is 17.9 Å². The molecule has 0 aliphatic rings. The van der Waals surface area contributed by atoms with Crippen molar-refractivity contribution in [2.75, 3.05) is 20.8 Å². The molecule has 0 bridgehead atoms. The molecule has 122 valence electrons. The lowest BCUT2D eigenvalue weighted by Crippen LogP contribution is -2.13. The summed E-state index contributed by atoms with van der Waals surface area (Å²) in [6.07, 6.45) is 0.452. The van der Waals surface area contributed by atoms with Gasteiger partial charge in [-0.1, -0.05) is 19.4 Å². The van der Waals surface area contributed by atoms with E-state index in [0.717, 1.165) is 6.42 Å². The topological polar surface area (TPSA) is 89.5 Å². The number of methoxy groups -OCH3 is 2. The van der Waals surface area contributed by atoms with Crippen LogP contribution in [0.1, 0.15) is 30.1 Å². The molecule has 0 atom stereocenters. The van der Waals surface area contributed by atoms with E-state index in [0.29, 0.717) is 12.2 Å². The molecule has 1 aromatic rings. The fourth-order valence-electron chi connectivity index (χ4n) is 1.49. The Kier molecular flexibility index (Phi) is 7.55. The number of carbonyl (C=O) groups is 2. The number of hydrogen-bond donors (Lipinski definition) is 0. The van der Waals surface area contributed by atoms with Crippen molar-refractivity contribution in [2.24, 2.45) is 0 Å². The summed E-state index contributed by atoms with van der Waals surface area (Å²) in [5.74, 6) is -0.405. The molecular weight excluding hydrogens is 296 g/mol. The summed E-state index contributed by atoms with van der Waals surface area (Å²) < 4.78 is 14.7. The van der Waals surface area contributed by atoms with Gasteiger partial charge in [0.05, 0.1) is 25.9 Å². The largest absolute Gasteiger partial charge is 0.543 e. The van der Waals surface area contributed by atoms with Crippen molar-refractivity contribution < 1.29 is 38.6 Å². The van der Waals surface area contributed by atoms with E-state index in [1.54, 1.807) is 12.1 Å². The first kappa shape index (κ1) is 17.6. The van der Waals surface area contributed by atoms with Crippen molar-refractivity contribution in [1.82, 2.24) is 0 Å². The summed E-state index contributed by atoms with van der Waals surface area (Å²) in [5, 5.41) is 4.09. The maximum Gasteiger partial charge on any atom is 0.543 e. The van der Waals surface area contributed by atoms with Gasteiger partial charge in [-0.15, -0.1) is 0 Å². The van der Waals surface area contributed by atoms with Crippen LogP contribution in [-0.4, -0.2) is 33.0 Å². The third kappa shape index (κ3) is 5.13. The average molecular weight is 314 g/mol. The number of hydrogen-bond acceptors (Lipinski definition) is 8. The summed E-state index contributed by atoms with van der Waals surface area (Å²) in [7, 11) is 2.80. The molecule has 0 unspecified atom stereocenters. The van der Waals surface area contributed by atoms with Crippen LogP contribution in [0.25, 0.3) is 0 Å². The molecule has 0 heterocycles. The lowest BCUT2D eigenvalue weighted by Gasteiger charge is -2.10. The van der Waals surface area contributed by atoms with Gasteiger partial charge in [-0.05, 0) is 18.6 Å². The molecule has 0 amide bonds. The van der Waals surface area contributed by atoms with Crippen molar-refractivity contribution in [3.8, 4) is 11.5 Å². The molecule has 0 fully saturated rings. The van der Waals surface area contributed by atoms with Gasteiger partial charge in [0, 0.05) is 0 Å². The Balaban J connectivity index is 2.51. The third-order valence-corrected chi connectivity index (χ3v) is 2.55. The maximum atomic E-state index is 11.8. The van der Waals surface area contributed by atoms with E-state index >= 15 is 0 Å².